The smallest absolute Gasteiger partial charge is 0.379 e. The summed E-state index contributed by atoms with van der Waals surface area (Å²) in [5.74, 6) is -2.39. The lowest BCUT2D eigenvalue weighted by Crippen LogP contribution is -2.22. The van der Waals surface area contributed by atoms with Gasteiger partial charge in [-0.1, -0.05) is 17.0 Å². The average molecular weight is 259 g/mol. The highest BCUT2D eigenvalue weighted by molar-refractivity contribution is 7.89. The summed E-state index contributed by atoms with van der Waals surface area (Å²) in [6.45, 7) is 0.990. The Labute approximate surface area is 97.0 Å². The van der Waals surface area contributed by atoms with Crippen LogP contribution in [0.15, 0.2) is 29.2 Å². The zero-order valence-electron chi connectivity index (χ0n) is 8.71. The Morgan fingerprint density at radius 3 is 2.41 bits per heavy atom. The SMILES string of the molecule is CC(=O)C(=O)Oc1ccccc1S(=O)(=O)NO. The minimum absolute atomic E-state index is 0.339. The van der Waals surface area contributed by atoms with Gasteiger partial charge in [0.25, 0.3) is 10.0 Å². The Bertz CT molecular complexity index is 550. The van der Waals surface area contributed by atoms with Gasteiger partial charge in [-0.3, -0.25) is 4.79 Å². The van der Waals surface area contributed by atoms with Gasteiger partial charge in [0, 0.05) is 6.92 Å². The van der Waals surface area contributed by atoms with Crippen LogP contribution in [0.1, 0.15) is 6.92 Å². The summed E-state index contributed by atoms with van der Waals surface area (Å²) in [6, 6.07) is 5.08. The highest BCUT2D eigenvalue weighted by Crippen LogP contribution is 2.22. The van der Waals surface area contributed by atoms with Crippen LogP contribution in [0.3, 0.4) is 0 Å². The van der Waals surface area contributed by atoms with Crippen molar-refractivity contribution in [3.05, 3.63) is 24.3 Å². The van der Waals surface area contributed by atoms with Crippen molar-refractivity contribution >= 4 is 21.8 Å². The third kappa shape index (κ3) is 3.09. The molecule has 92 valence electrons. The van der Waals surface area contributed by atoms with E-state index in [1.54, 1.807) is 0 Å². The molecule has 1 rings (SSSR count). The molecule has 0 aliphatic heterocycles. The molecule has 1 aromatic carbocycles. The minimum atomic E-state index is -4.18. The molecular weight excluding hydrogens is 250 g/mol. The van der Waals surface area contributed by atoms with Crippen LogP contribution >= 0.6 is 0 Å². The summed E-state index contributed by atoms with van der Waals surface area (Å²) < 4.78 is 27.2. The predicted octanol–water partition coefficient (Wildman–Crippen LogP) is -0.152. The van der Waals surface area contributed by atoms with E-state index in [1.165, 1.54) is 18.2 Å². The van der Waals surface area contributed by atoms with Crippen molar-refractivity contribution < 1.29 is 28.0 Å². The predicted molar refractivity (Wildman–Crippen MR) is 54.9 cm³/mol. The van der Waals surface area contributed by atoms with Crippen LogP contribution in [-0.4, -0.2) is 25.4 Å². The highest BCUT2D eigenvalue weighted by Gasteiger charge is 2.21. The van der Waals surface area contributed by atoms with E-state index in [2.05, 4.69) is 4.74 Å². The fourth-order valence-electron chi connectivity index (χ4n) is 0.977. The molecule has 0 amide bonds. The Hall–Kier alpha value is -1.77. The first-order chi connectivity index (χ1) is 7.88. The van der Waals surface area contributed by atoms with Crippen molar-refractivity contribution in [3.8, 4) is 5.75 Å². The lowest BCUT2D eigenvalue weighted by atomic mass is 10.3. The van der Waals surface area contributed by atoms with Crippen LogP contribution in [0, 0.1) is 0 Å². The van der Waals surface area contributed by atoms with Crippen molar-refractivity contribution in [3.63, 3.8) is 0 Å². The maximum absolute atomic E-state index is 11.3. The van der Waals surface area contributed by atoms with E-state index in [0.717, 1.165) is 17.9 Å². The second-order valence-electron chi connectivity index (χ2n) is 2.99. The van der Waals surface area contributed by atoms with Crippen LogP contribution in [0.25, 0.3) is 0 Å². The third-order valence-electron chi connectivity index (χ3n) is 1.75. The number of carbonyl (C=O) groups excluding carboxylic acids is 2. The van der Waals surface area contributed by atoms with E-state index < -0.39 is 26.7 Å². The molecule has 0 spiro atoms. The molecule has 0 bridgehead atoms. The van der Waals surface area contributed by atoms with E-state index >= 15 is 0 Å². The molecule has 0 saturated heterocycles. The quantitative estimate of drug-likeness (QED) is 0.337. The third-order valence-corrected chi connectivity index (χ3v) is 2.91. The number of rotatable bonds is 4. The van der Waals surface area contributed by atoms with E-state index in [1.807, 2.05) is 0 Å². The fraction of sp³-hybridized carbons (Fsp3) is 0.111. The monoisotopic (exact) mass is 259 g/mol. The van der Waals surface area contributed by atoms with Gasteiger partial charge < -0.3 is 9.94 Å². The van der Waals surface area contributed by atoms with Crippen LogP contribution in [0.5, 0.6) is 5.75 Å². The molecule has 1 aromatic rings. The van der Waals surface area contributed by atoms with E-state index in [-0.39, 0.29) is 5.75 Å². The number of para-hydroxylation sites is 1. The number of sulfonamides is 1. The van der Waals surface area contributed by atoms with Crippen molar-refractivity contribution in [2.45, 2.75) is 11.8 Å². The number of Topliss-reactive ketones (excluding diaryl/α,β-unsaturated/α-hetero) is 1. The van der Waals surface area contributed by atoms with Crippen LogP contribution in [0.2, 0.25) is 0 Å². The lowest BCUT2D eigenvalue weighted by Gasteiger charge is -2.07. The van der Waals surface area contributed by atoms with Gasteiger partial charge in [-0.15, -0.1) is 0 Å². The van der Waals surface area contributed by atoms with Gasteiger partial charge in [-0.05, 0) is 12.1 Å². The Morgan fingerprint density at radius 2 is 1.88 bits per heavy atom. The molecule has 0 fully saturated rings. The number of ketones is 1. The van der Waals surface area contributed by atoms with Gasteiger partial charge in [-0.25, -0.2) is 13.2 Å². The molecule has 0 aliphatic carbocycles. The van der Waals surface area contributed by atoms with Gasteiger partial charge in [-0.2, -0.15) is 0 Å². The standard InChI is InChI=1S/C9H9NO6S/c1-6(11)9(12)16-7-4-2-3-5-8(7)17(14,15)10-13/h2-5,10,13H,1H3. The maximum atomic E-state index is 11.3. The molecule has 8 heteroatoms. The Morgan fingerprint density at radius 1 is 1.29 bits per heavy atom. The Kier molecular flexibility index (Phi) is 3.94. The normalized spacial score (nSPS) is 10.9. The van der Waals surface area contributed by atoms with Crippen molar-refractivity contribution in [2.24, 2.45) is 0 Å². The van der Waals surface area contributed by atoms with Gasteiger partial charge in [0.1, 0.15) is 4.90 Å². The van der Waals surface area contributed by atoms with Gasteiger partial charge in [0.15, 0.2) is 5.75 Å². The number of nitrogens with one attached hydrogen (secondary N) is 1. The number of ether oxygens (including phenoxy) is 1. The molecule has 0 aliphatic rings. The van der Waals surface area contributed by atoms with Crippen molar-refractivity contribution in [1.29, 1.82) is 0 Å². The van der Waals surface area contributed by atoms with Crippen molar-refractivity contribution in [1.82, 2.24) is 4.89 Å². The number of esters is 1. The molecule has 17 heavy (non-hydrogen) atoms. The first kappa shape index (κ1) is 13.3. The number of hydrogen-bond acceptors (Lipinski definition) is 6. The van der Waals surface area contributed by atoms with Gasteiger partial charge in [0.05, 0.1) is 0 Å². The Balaban J connectivity index is 3.18. The summed E-state index contributed by atoms with van der Waals surface area (Å²) in [7, 11) is -4.18. The highest BCUT2D eigenvalue weighted by atomic mass is 32.2. The van der Waals surface area contributed by atoms with Crippen LogP contribution in [-0.2, 0) is 19.6 Å². The number of benzene rings is 1. The lowest BCUT2D eigenvalue weighted by molar-refractivity contribution is -0.146. The van der Waals surface area contributed by atoms with E-state index in [0.29, 0.717) is 0 Å². The summed E-state index contributed by atoms with van der Waals surface area (Å²) >= 11 is 0. The first-order valence-corrected chi connectivity index (χ1v) is 5.84. The minimum Gasteiger partial charge on any atom is -0.419 e. The first-order valence-electron chi connectivity index (χ1n) is 4.36. The topological polar surface area (TPSA) is 110 Å². The largest absolute Gasteiger partial charge is 0.419 e. The summed E-state index contributed by atoms with van der Waals surface area (Å²) in [5, 5.41) is 8.47. The number of hydrogen-bond donors (Lipinski definition) is 2. The van der Waals surface area contributed by atoms with Gasteiger partial charge >= 0.3 is 5.97 Å². The molecule has 0 unspecified atom stereocenters. The molecular formula is C9H9NO6S. The molecule has 0 heterocycles. The molecule has 2 N–H and O–H groups in total. The molecule has 0 saturated carbocycles. The fourth-order valence-corrected chi connectivity index (χ4v) is 1.71. The molecule has 7 nitrogen and oxygen atoms in total. The molecule has 0 atom stereocenters. The zero-order valence-corrected chi connectivity index (χ0v) is 9.52. The average Bonchev–Trinajstić information content (AvgIpc) is 2.29. The van der Waals surface area contributed by atoms with E-state index in [9.17, 15) is 18.0 Å². The zero-order chi connectivity index (χ0) is 13.1. The maximum Gasteiger partial charge on any atom is 0.379 e. The van der Waals surface area contributed by atoms with Crippen molar-refractivity contribution in [2.75, 3.05) is 0 Å². The van der Waals surface area contributed by atoms with E-state index in [4.69, 9.17) is 5.21 Å². The van der Waals surface area contributed by atoms with Gasteiger partial charge in [0.2, 0.25) is 5.78 Å². The van der Waals surface area contributed by atoms with Crippen LogP contribution in [0.4, 0.5) is 0 Å². The van der Waals surface area contributed by atoms with Crippen LogP contribution < -0.4 is 9.62 Å². The summed E-state index contributed by atoms with van der Waals surface area (Å²) in [6.07, 6.45) is 0. The second-order valence-corrected chi connectivity index (χ2v) is 4.62. The molecule has 0 aromatic heterocycles. The molecule has 0 radical (unpaired) electrons. The summed E-state index contributed by atoms with van der Waals surface area (Å²) in [5.41, 5.74) is 0. The summed E-state index contributed by atoms with van der Waals surface area (Å²) in [4.78, 5) is 22.4. The number of carbonyl (C=O) groups is 2. The second kappa shape index (κ2) is 5.04.